The van der Waals surface area contributed by atoms with Crippen LogP contribution in [-0.2, 0) is 9.53 Å². The van der Waals surface area contributed by atoms with Crippen LogP contribution in [-0.4, -0.2) is 36.0 Å². The molecule has 4 rings (SSSR count). The molecule has 0 fully saturated rings. The zero-order valence-electron chi connectivity index (χ0n) is 22.1. The second-order valence-electron chi connectivity index (χ2n) is 9.48. The number of nitrogens with zero attached hydrogens (tertiary/aromatic N) is 1. The summed E-state index contributed by atoms with van der Waals surface area (Å²) in [6, 6.07) is 23.8. The molecule has 0 radical (unpaired) electrons. The third-order valence-electron chi connectivity index (χ3n) is 6.28. The van der Waals surface area contributed by atoms with E-state index in [1.165, 1.54) is 4.70 Å². The number of hydrogen-bond donors (Lipinski definition) is 1. The number of carbonyl (C=O) groups is 2. The Kier molecular flexibility index (Phi) is 9.49. The fraction of sp³-hybridized carbons (Fsp3) is 0.323. The first-order chi connectivity index (χ1) is 18.4. The predicted octanol–water partition coefficient (Wildman–Crippen LogP) is 7.39. The van der Waals surface area contributed by atoms with Gasteiger partial charge in [0, 0.05) is 29.7 Å². The molecule has 0 unspecified atom stereocenters. The number of rotatable bonds is 13. The van der Waals surface area contributed by atoms with Gasteiger partial charge in [0.1, 0.15) is 17.4 Å². The lowest BCUT2D eigenvalue weighted by atomic mass is 10.0. The Morgan fingerprint density at radius 1 is 0.947 bits per heavy atom. The Morgan fingerprint density at radius 2 is 1.68 bits per heavy atom. The van der Waals surface area contributed by atoms with E-state index in [9.17, 15) is 9.59 Å². The number of hydrogen-bond acceptors (Lipinski definition) is 7. The number of nitrogens with one attached hydrogen (secondary N) is 1. The SMILES string of the molecule is CCOC(=O)CCCC(=O)c1ccc(N[C@H](COc2ccc(-c3nc4ccccc4s3)cc2)C(C)C)cc1. The lowest BCUT2D eigenvalue weighted by Gasteiger charge is -2.24. The molecule has 4 aromatic rings. The van der Waals surface area contributed by atoms with E-state index in [0.717, 1.165) is 27.5 Å². The number of fused-ring (bicyclic) bond motifs is 1. The number of para-hydroxylation sites is 1. The molecule has 1 heterocycles. The van der Waals surface area contributed by atoms with Crippen molar-refractivity contribution in [3.63, 3.8) is 0 Å². The van der Waals surface area contributed by atoms with E-state index in [-0.39, 0.29) is 24.2 Å². The Bertz CT molecular complexity index is 1310. The topological polar surface area (TPSA) is 77.5 Å². The summed E-state index contributed by atoms with van der Waals surface area (Å²) in [6.45, 7) is 6.95. The van der Waals surface area contributed by atoms with Crippen molar-refractivity contribution in [1.82, 2.24) is 4.98 Å². The molecule has 7 heteroatoms. The van der Waals surface area contributed by atoms with Gasteiger partial charge in [-0.3, -0.25) is 9.59 Å². The van der Waals surface area contributed by atoms with E-state index in [0.29, 0.717) is 37.5 Å². The van der Waals surface area contributed by atoms with Crippen LogP contribution in [0.4, 0.5) is 5.69 Å². The van der Waals surface area contributed by atoms with E-state index in [1.54, 1.807) is 18.3 Å². The molecule has 38 heavy (non-hydrogen) atoms. The maximum Gasteiger partial charge on any atom is 0.305 e. The number of ketones is 1. The summed E-state index contributed by atoms with van der Waals surface area (Å²) >= 11 is 1.69. The molecule has 1 aromatic heterocycles. The van der Waals surface area contributed by atoms with Gasteiger partial charge in [0.05, 0.1) is 22.9 Å². The third-order valence-corrected chi connectivity index (χ3v) is 7.36. The molecule has 198 valence electrons. The van der Waals surface area contributed by atoms with Crippen LogP contribution in [0.15, 0.2) is 72.8 Å². The number of carbonyl (C=O) groups excluding carboxylic acids is 2. The van der Waals surface area contributed by atoms with Gasteiger partial charge in [-0.25, -0.2) is 4.98 Å². The lowest BCUT2D eigenvalue weighted by molar-refractivity contribution is -0.143. The lowest BCUT2D eigenvalue weighted by Crippen LogP contribution is -2.32. The summed E-state index contributed by atoms with van der Waals surface area (Å²) in [5, 5.41) is 4.53. The van der Waals surface area contributed by atoms with Crippen molar-refractivity contribution in [3.05, 3.63) is 78.4 Å². The Hall–Kier alpha value is -3.71. The van der Waals surface area contributed by atoms with Gasteiger partial charge in [0.15, 0.2) is 5.78 Å². The number of aromatic nitrogens is 1. The van der Waals surface area contributed by atoms with Crippen molar-refractivity contribution in [2.45, 2.75) is 46.1 Å². The molecular weight excluding hydrogens is 496 g/mol. The molecule has 0 amide bonds. The van der Waals surface area contributed by atoms with Crippen LogP contribution in [0.5, 0.6) is 5.75 Å². The van der Waals surface area contributed by atoms with Gasteiger partial charge in [-0.05, 0) is 79.9 Å². The Morgan fingerprint density at radius 3 is 2.37 bits per heavy atom. The number of ether oxygens (including phenoxy) is 2. The van der Waals surface area contributed by atoms with Crippen LogP contribution in [0.1, 0.15) is 50.4 Å². The highest BCUT2D eigenvalue weighted by Crippen LogP contribution is 2.31. The van der Waals surface area contributed by atoms with Crippen molar-refractivity contribution < 1.29 is 19.1 Å². The van der Waals surface area contributed by atoms with E-state index in [4.69, 9.17) is 14.5 Å². The second-order valence-corrected chi connectivity index (χ2v) is 10.5. The minimum Gasteiger partial charge on any atom is -0.491 e. The zero-order valence-corrected chi connectivity index (χ0v) is 22.9. The standard InChI is InChI=1S/C31H34N2O4S/c1-4-36-30(35)11-7-9-28(34)22-12-16-24(17-13-22)32-27(21(2)3)20-37-25-18-14-23(15-19-25)31-33-26-8-5-6-10-29(26)38-31/h5-6,8,10,12-19,21,27,32H,4,7,9,11,20H2,1-3H3/t27-/m1/s1. The molecule has 0 saturated carbocycles. The number of benzene rings is 3. The van der Waals surface area contributed by atoms with Gasteiger partial charge in [0.25, 0.3) is 0 Å². The molecule has 1 N–H and O–H groups in total. The third kappa shape index (κ3) is 7.42. The predicted molar refractivity (Wildman–Crippen MR) is 154 cm³/mol. The Balaban J connectivity index is 1.29. The number of anilines is 1. The van der Waals surface area contributed by atoms with Gasteiger partial charge in [0.2, 0.25) is 0 Å². The summed E-state index contributed by atoms with van der Waals surface area (Å²) in [7, 11) is 0. The van der Waals surface area contributed by atoms with E-state index >= 15 is 0 Å². The van der Waals surface area contributed by atoms with Crippen molar-refractivity contribution in [3.8, 4) is 16.3 Å². The van der Waals surface area contributed by atoms with Crippen LogP contribution in [0, 0.1) is 5.92 Å². The molecule has 1 atom stereocenters. The average Bonchev–Trinajstić information content (AvgIpc) is 3.36. The largest absolute Gasteiger partial charge is 0.491 e. The smallest absolute Gasteiger partial charge is 0.305 e. The van der Waals surface area contributed by atoms with Gasteiger partial charge < -0.3 is 14.8 Å². The number of thiazole rings is 1. The molecule has 6 nitrogen and oxygen atoms in total. The summed E-state index contributed by atoms with van der Waals surface area (Å²) in [4.78, 5) is 28.6. The average molecular weight is 531 g/mol. The Labute approximate surface area is 228 Å². The molecule has 0 aliphatic rings. The first-order valence-corrected chi connectivity index (χ1v) is 13.9. The van der Waals surface area contributed by atoms with Crippen molar-refractivity contribution in [2.75, 3.05) is 18.5 Å². The molecule has 0 spiro atoms. The van der Waals surface area contributed by atoms with E-state index in [2.05, 4.69) is 25.2 Å². The van der Waals surface area contributed by atoms with Crippen LogP contribution >= 0.6 is 11.3 Å². The van der Waals surface area contributed by atoms with Gasteiger partial charge in [-0.15, -0.1) is 11.3 Å². The normalized spacial score (nSPS) is 11.9. The van der Waals surface area contributed by atoms with Gasteiger partial charge in [-0.2, -0.15) is 0 Å². The fourth-order valence-electron chi connectivity index (χ4n) is 4.01. The zero-order chi connectivity index (χ0) is 26.9. The summed E-state index contributed by atoms with van der Waals surface area (Å²) in [5.74, 6) is 0.914. The number of Topliss-reactive ketones (excluding diaryl/α,β-unsaturated/α-hetero) is 1. The minimum atomic E-state index is -0.258. The maximum absolute atomic E-state index is 12.4. The summed E-state index contributed by atoms with van der Waals surface area (Å²) < 4.78 is 12.2. The van der Waals surface area contributed by atoms with Gasteiger partial charge >= 0.3 is 5.97 Å². The maximum atomic E-state index is 12.4. The quantitative estimate of drug-likeness (QED) is 0.143. The molecule has 0 aliphatic heterocycles. The van der Waals surface area contributed by atoms with E-state index in [1.807, 2.05) is 66.7 Å². The summed E-state index contributed by atoms with van der Waals surface area (Å²) in [5.41, 5.74) is 3.67. The van der Waals surface area contributed by atoms with E-state index < -0.39 is 0 Å². The first kappa shape index (κ1) is 27.3. The second kappa shape index (κ2) is 13.2. The minimum absolute atomic E-state index is 0.0267. The number of esters is 1. The molecule has 0 bridgehead atoms. The van der Waals surface area contributed by atoms with Crippen LogP contribution < -0.4 is 10.1 Å². The highest BCUT2D eigenvalue weighted by Gasteiger charge is 2.15. The monoisotopic (exact) mass is 530 g/mol. The fourth-order valence-corrected chi connectivity index (χ4v) is 4.98. The highest BCUT2D eigenvalue weighted by molar-refractivity contribution is 7.21. The van der Waals surface area contributed by atoms with Gasteiger partial charge in [-0.1, -0.05) is 26.0 Å². The van der Waals surface area contributed by atoms with Crippen LogP contribution in [0.3, 0.4) is 0 Å². The molecule has 3 aromatic carbocycles. The van der Waals surface area contributed by atoms with Crippen molar-refractivity contribution in [2.24, 2.45) is 5.92 Å². The molecule has 0 saturated heterocycles. The van der Waals surface area contributed by atoms with Crippen LogP contribution in [0.2, 0.25) is 0 Å². The van der Waals surface area contributed by atoms with Crippen molar-refractivity contribution >= 4 is 39.0 Å². The molecular formula is C31H34N2O4S. The molecule has 0 aliphatic carbocycles. The van der Waals surface area contributed by atoms with Crippen LogP contribution in [0.25, 0.3) is 20.8 Å². The first-order valence-electron chi connectivity index (χ1n) is 13.1. The summed E-state index contributed by atoms with van der Waals surface area (Å²) in [6.07, 6.45) is 1.08. The highest BCUT2D eigenvalue weighted by atomic mass is 32.1. The van der Waals surface area contributed by atoms with Crippen molar-refractivity contribution in [1.29, 1.82) is 0 Å².